The molecule has 10 heteroatoms. The maximum atomic E-state index is 12.6. The third kappa shape index (κ3) is 4.91. The first-order valence-electron chi connectivity index (χ1n) is 8.53. The first kappa shape index (κ1) is 19.9. The van der Waals surface area contributed by atoms with E-state index in [-0.39, 0.29) is 10.6 Å². The number of esters is 1. The van der Waals surface area contributed by atoms with Gasteiger partial charge in [0.05, 0.1) is 18.1 Å². The molecular formula is C18H19N3O6S. The highest BCUT2D eigenvalue weighted by Gasteiger charge is 2.26. The number of ether oxygens (including phenoxy) is 2. The fourth-order valence-electron chi connectivity index (χ4n) is 2.53. The molecule has 148 valence electrons. The van der Waals surface area contributed by atoms with Crippen molar-refractivity contribution in [1.82, 2.24) is 9.29 Å². The monoisotopic (exact) mass is 405 g/mol. The first-order valence-corrected chi connectivity index (χ1v) is 9.97. The standard InChI is InChI=1S/C18H19N3O6S/c22-17(13-27-18(23)16-3-1-2-8-19-16)20-14-4-6-15(7-5-14)28(24,25)21-9-11-26-12-10-21/h1-8H,9-13H2,(H,20,22). The number of amides is 1. The molecule has 0 saturated carbocycles. The van der Waals surface area contributed by atoms with Crippen molar-refractivity contribution >= 4 is 27.6 Å². The molecule has 0 unspecified atom stereocenters. The number of benzene rings is 1. The van der Waals surface area contributed by atoms with Crippen molar-refractivity contribution in [1.29, 1.82) is 0 Å². The average Bonchev–Trinajstić information content (AvgIpc) is 2.73. The number of carbonyl (C=O) groups excluding carboxylic acids is 2. The van der Waals surface area contributed by atoms with Crippen molar-refractivity contribution in [2.45, 2.75) is 4.90 Å². The Morgan fingerprint density at radius 1 is 1.11 bits per heavy atom. The summed E-state index contributed by atoms with van der Waals surface area (Å²) in [5.74, 6) is -1.25. The molecule has 0 atom stereocenters. The van der Waals surface area contributed by atoms with Crippen LogP contribution in [0, 0.1) is 0 Å². The number of anilines is 1. The van der Waals surface area contributed by atoms with Crippen molar-refractivity contribution in [3.05, 3.63) is 54.4 Å². The van der Waals surface area contributed by atoms with Crippen LogP contribution in [-0.4, -0.2) is 62.5 Å². The molecule has 1 aromatic carbocycles. The Labute approximate surface area is 162 Å². The van der Waals surface area contributed by atoms with E-state index < -0.39 is 28.5 Å². The van der Waals surface area contributed by atoms with Gasteiger partial charge in [0.1, 0.15) is 5.69 Å². The Kier molecular flexibility index (Phi) is 6.34. The molecule has 1 aromatic heterocycles. The largest absolute Gasteiger partial charge is 0.451 e. The molecule has 1 N–H and O–H groups in total. The molecule has 1 aliphatic rings. The van der Waals surface area contributed by atoms with Gasteiger partial charge >= 0.3 is 5.97 Å². The van der Waals surface area contributed by atoms with Gasteiger partial charge in [-0.25, -0.2) is 18.2 Å². The lowest BCUT2D eigenvalue weighted by molar-refractivity contribution is -0.119. The lowest BCUT2D eigenvalue weighted by atomic mass is 10.3. The molecule has 1 fully saturated rings. The molecule has 1 saturated heterocycles. The van der Waals surface area contributed by atoms with Gasteiger partial charge < -0.3 is 14.8 Å². The van der Waals surface area contributed by atoms with Crippen molar-refractivity contribution < 1.29 is 27.5 Å². The Morgan fingerprint density at radius 3 is 2.46 bits per heavy atom. The van der Waals surface area contributed by atoms with E-state index in [4.69, 9.17) is 9.47 Å². The lowest BCUT2D eigenvalue weighted by Crippen LogP contribution is -2.40. The molecule has 9 nitrogen and oxygen atoms in total. The van der Waals surface area contributed by atoms with Crippen LogP contribution in [0.15, 0.2) is 53.6 Å². The van der Waals surface area contributed by atoms with Gasteiger partial charge in [-0.2, -0.15) is 4.31 Å². The molecule has 2 heterocycles. The molecule has 28 heavy (non-hydrogen) atoms. The van der Waals surface area contributed by atoms with Gasteiger partial charge in [0.15, 0.2) is 6.61 Å². The van der Waals surface area contributed by atoms with Crippen LogP contribution in [0.3, 0.4) is 0 Å². The Hall–Kier alpha value is -2.82. The molecule has 3 rings (SSSR count). The fraction of sp³-hybridized carbons (Fsp3) is 0.278. The summed E-state index contributed by atoms with van der Waals surface area (Å²) in [7, 11) is -3.60. The van der Waals surface area contributed by atoms with Crippen LogP contribution in [-0.2, 0) is 24.3 Å². The van der Waals surface area contributed by atoms with Gasteiger partial charge in [0, 0.05) is 25.0 Å². The maximum Gasteiger partial charge on any atom is 0.357 e. The van der Waals surface area contributed by atoms with Gasteiger partial charge in [0.2, 0.25) is 10.0 Å². The third-order valence-electron chi connectivity index (χ3n) is 3.95. The van der Waals surface area contributed by atoms with E-state index in [1.165, 1.54) is 40.8 Å². The Bertz CT molecular complexity index is 926. The Morgan fingerprint density at radius 2 is 1.82 bits per heavy atom. The molecule has 0 spiro atoms. The van der Waals surface area contributed by atoms with Crippen molar-refractivity contribution in [3.63, 3.8) is 0 Å². The number of rotatable bonds is 6. The highest BCUT2D eigenvalue weighted by Crippen LogP contribution is 2.19. The summed E-state index contributed by atoms with van der Waals surface area (Å²) in [6.45, 7) is 0.864. The van der Waals surface area contributed by atoms with E-state index in [0.717, 1.165) is 0 Å². The molecule has 0 bridgehead atoms. The van der Waals surface area contributed by atoms with E-state index >= 15 is 0 Å². The number of morpholine rings is 1. The van der Waals surface area contributed by atoms with Crippen molar-refractivity contribution in [2.24, 2.45) is 0 Å². The number of carbonyl (C=O) groups is 2. The minimum absolute atomic E-state index is 0.105. The number of aromatic nitrogens is 1. The predicted molar refractivity (Wildman–Crippen MR) is 99.2 cm³/mol. The first-order chi connectivity index (χ1) is 13.5. The van der Waals surface area contributed by atoms with E-state index in [1.807, 2.05) is 0 Å². The van der Waals surface area contributed by atoms with Crippen LogP contribution in [0.1, 0.15) is 10.5 Å². The van der Waals surface area contributed by atoms with Crippen LogP contribution in [0.25, 0.3) is 0 Å². The van der Waals surface area contributed by atoms with Crippen molar-refractivity contribution in [3.8, 4) is 0 Å². The molecule has 1 amide bonds. The smallest absolute Gasteiger partial charge is 0.357 e. The van der Waals surface area contributed by atoms with Crippen LogP contribution in [0.2, 0.25) is 0 Å². The minimum atomic E-state index is -3.60. The second-order valence-electron chi connectivity index (χ2n) is 5.88. The van der Waals surface area contributed by atoms with E-state index in [2.05, 4.69) is 10.3 Å². The van der Waals surface area contributed by atoms with Gasteiger partial charge in [-0.05, 0) is 36.4 Å². The lowest BCUT2D eigenvalue weighted by Gasteiger charge is -2.26. The summed E-state index contributed by atoms with van der Waals surface area (Å²) in [6.07, 6.45) is 1.45. The highest BCUT2D eigenvalue weighted by molar-refractivity contribution is 7.89. The van der Waals surface area contributed by atoms with Crippen molar-refractivity contribution in [2.75, 3.05) is 38.2 Å². The zero-order valence-electron chi connectivity index (χ0n) is 14.9. The summed E-state index contributed by atoms with van der Waals surface area (Å²) in [4.78, 5) is 27.7. The molecule has 0 radical (unpaired) electrons. The number of sulfonamides is 1. The molecule has 1 aliphatic heterocycles. The molecular weight excluding hydrogens is 386 g/mol. The third-order valence-corrected chi connectivity index (χ3v) is 5.87. The SMILES string of the molecule is O=C(COC(=O)c1ccccn1)Nc1ccc(S(=O)(=O)N2CCOCC2)cc1. The van der Waals surface area contributed by atoms with Crippen LogP contribution >= 0.6 is 0 Å². The summed E-state index contributed by atoms with van der Waals surface area (Å²) in [6, 6.07) is 10.6. The van der Waals surface area contributed by atoms with E-state index in [9.17, 15) is 18.0 Å². The van der Waals surface area contributed by atoms with E-state index in [1.54, 1.807) is 12.1 Å². The van der Waals surface area contributed by atoms with E-state index in [0.29, 0.717) is 32.0 Å². The number of nitrogens with zero attached hydrogens (tertiary/aromatic N) is 2. The average molecular weight is 405 g/mol. The van der Waals surface area contributed by atoms with Gasteiger partial charge in [-0.1, -0.05) is 6.07 Å². The van der Waals surface area contributed by atoms with Gasteiger partial charge in [0.25, 0.3) is 5.91 Å². The second kappa shape index (κ2) is 8.91. The second-order valence-corrected chi connectivity index (χ2v) is 7.82. The normalized spacial score (nSPS) is 15.0. The van der Waals surface area contributed by atoms with Gasteiger partial charge in [-0.15, -0.1) is 0 Å². The van der Waals surface area contributed by atoms with Gasteiger partial charge in [-0.3, -0.25) is 4.79 Å². The van der Waals surface area contributed by atoms with Crippen LogP contribution in [0.5, 0.6) is 0 Å². The highest BCUT2D eigenvalue weighted by atomic mass is 32.2. The summed E-state index contributed by atoms with van der Waals surface area (Å²) < 4.78 is 36.5. The predicted octanol–water partition coefficient (Wildman–Crippen LogP) is 0.898. The maximum absolute atomic E-state index is 12.6. The fourth-order valence-corrected chi connectivity index (χ4v) is 3.94. The summed E-state index contributed by atoms with van der Waals surface area (Å²) in [5, 5.41) is 2.54. The quantitative estimate of drug-likeness (QED) is 0.710. The zero-order chi connectivity index (χ0) is 20.0. The zero-order valence-corrected chi connectivity index (χ0v) is 15.7. The summed E-state index contributed by atoms with van der Waals surface area (Å²) >= 11 is 0. The number of hydrogen-bond donors (Lipinski definition) is 1. The molecule has 2 aromatic rings. The number of nitrogens with one attached hydrogen (secondary N) is 1. The Balaban J connectivity index is 1.55. The number of hydrogen-bond acceptors (Lipinski definition) is 7. The topological polar surface area (TPSA) is 115 Å². The summed E-state index contributed by atoms with van der Waals surface area (Å²) in [5.41, 5.74) is 0.493. The van der Waals surface area contributed by atoms with Crippen LogP contribution < -0.4 is 5.32 Å². The number of pyridine rings is 1. The molecule has 0 aliphatic carbocycles. The van der Waals surface area contributed by atoms with Crippen LogP contribution in [0.4, 0.5) is 5.69 Å². The minimum Gasteiger partial charge on any atom is -0.451 e.